The minimum absolute atomic E-state index is 0.0497. The van der Waals surface area contributed by atoms with Crippen molar-refractivity contribution in [3.05, 3.63) is 29.8 Å². The molecule has 0 unspecified atom stereocenters. The van der Waals surface area contributed by atoms with E-state index in [1.54, 1.807) is 12.0 Å². The van der Waals surface area contributed by atoms with Gasteiger partial charge in [0.1, 0.15) is 5.75 Å². The number of nitrogens with one attached hydrogen (secondary N) is 1. The van der Waals surface area contributed by atoms with Gasteiger partial charge in [-0.05, 0) is 74.0 Å². The first-order valence-electron chi connectivity index (χ1n) is 10.6. The van der Waals surface area contributed by atoms with Crippen molar-refractivity contribution >= 4 is 11.8 Å². The lowest BCUT2D eigenvalue weighted by atomic mass is 9.49. The summed E-state index contributed by atoms with van der Waals surface area (Å²) in [7, 11) is 3.45. The van der Waals surface area contributed by atoms with Gasteiger partial charge >= 0.3 is 0 Å². The Balaban J connectivity index is 1.25. The number of amides is 2. The van der Waals surface area contributed by atoms with Crippen LogP contribution in [0.4, 0.5) is 0 Å². The molecule has 2 amide bonds. The van der Waals surface area contributed by atoms with E-state index < -0.39 is 0 Å². The molecule has 152 valence electrons. The molecule has 5 rings (SSSR count). The largest absolute Gasteiger partial charge is 0.497 e. The maximum absolute atomic E-state index is 13.0. The van der Waals surface area contributed by atoms with Crippen molar-refractivity contribution in [2.75, 3.05) is 20.7 Å². The highest BCUT2D eigenvalue weighted by atomic mass is 16.5. The predicted octanol–water partition coefficient (Wildman–Crippen LogP) is 3.38. The molecule has 4 saturated carbocycles. The third-order valence-electron chi connectivity index (χ3n) is 7.12. The lowest BCUT2D eigenvalue weighted by molar-refractivity contribution is -0.146. The van der Waals surface area contributed by atoms with Crippen molar-refractivity contribution < 1.29 is 14.3 Å². The molecule has 5 heteroatoms. The first-order valence-corrected chi connectivity index (χ1v) is 10.6. The van der Waals surface area contributed by atoms with Crippen LogP contribution >= 0.6 is 0 Å². The molecule has 0 saturated heterocycles. The van der Waals surface area contributed by atoms with Crippen LogP contribution < -0.4 is 10.1 Å². The first-order chi connectivity index (χ1) is 13.5. The van der Waals surface area contributed by atoms with Gasteiger partial charge < -0.3 is 15.0 Å². The highest BCUT2D eigenvalue weighted by Gasteiger charge is 2.54. The van der Waals surface area contributed by atoms with Crippen LogP contribution in [0, 0.1) is 23.2 Å². The lowest BCUT2D eigenvalue weighted by Gasteiger charge is -2.55. The summed E-state index contributed by atoms with van der Waals surface area (Å²) in [6.07, 6.45) is 7.54. The number of hydrogen-bond donors (Lipinski definition) is 1. The molecule has 1 N–H and O–H groups in total. The summed E-state index contributed by atoms with van der Waals surface area (Å²) in [6, 6.07) is 7.75. The van der Waals surface area contributed by atoms with Crippen molar-refractivity contribution in [2.24, 2.45) is 23.2 Å². The third kappa shape index (κ3) is 3.89. The Labute approximate surface area is 167 Å². The molecule has 5 nitrogen and oxygen atoms in total. The number of ether oxygens (including phenoxy) is 1. The minimum Gasteiger partial charge on any atom is -0.497 e. The van der Waals surface area contributed by atoms with E-state index in [-0.39, 0.29) is 17.2 Å². The summed E-state index contributed by atoms with van der Waals surface area (Å²) in [5.74, 6) is 3.32. The topological polar surface area (TPSA) is 58.6 Å². The second kappa shape index (κ2) is 7.76. The van der Waals surface area contributed by atoms with Crippen LogP contribution in [-0.4, -0.2) is 37.4 Å². The van der Waals surface area contributed by atoms with Gasteiger partial charge in [0.25, 0.3) is 0 Å². The number of rotatable bonds is 7. The highest BCUT2D eigenvalue weighted by molar-refractivity contribution is 5.84. The SMILES string of the molecule is COc1cccc(CN(C)C(=O)CCNC(=O)C23CC4CC(CC(C4)C2)C3)c1. The van der Waals surface area contributed by atoms with Crippen LogP contribution in [0.1, 0.15) is 50.5 Å². The Bertz CT molecular complexity index is 710. The van der Waals surface area contributed by atoms with Crippen LogP contribution in [0.25, 0.3) is 0 Å². The number of benzene rings is 1. The molecule has 0 aliphatic heterocycles. The smallest absolute Gasteiger partial charge is 0.226 e. The molecular weight excluding hydrogens is 352 g/mol. The fourth-order valence-electron chi connectivity index (χ4n) is 6.18. The van der Waals surface area contributed by atoms with Crippen LogP contribution in [0.5, 0.6) is 5.75 Å². The average molecular weight is 385 g/mol. The first kappa shape index (κ1) is 19.3. The molecule has 1 aromatic rings. The van der Waals surface area contributed by atoms with Crippen LogP contribution in [-0.2, 0) is 16.1 Å². The summed E-state index contributed by atoms with van der Waals surface area (Å²) in [5, 5.41) is 3.10. The Morgan fingerprint density at radius 1 is 1.14 bits per heavy atom. The molecule has 1 aromatic carbocycles. The van der Waals surface area contributed by atoms with E-state index in [1.807, 2.05) is 31.3 Å². The van der Waals surface area contributed by atoms with Crippen molar-refractivity contribution in [3.63, 3.8) is 0 Å². The van der Waals surface area contributed by atoms with E-state index >= 15 is 0 Å². The normalized spacial score (nSPS) is 30.1. The van der Waals surface area contributed by atoms with Gasteiger partial charge in [-0.2, -0.15) is 0 Å². The Kier molecular flexibility index (Phi) is 5.35. The number of carbonyl (C=O) groups excluding carboxylic acids is 2. The third-order valence-corrected chi connectivity index (χ3v) is 7.12. The quantitative estimate of drug-likeness (QED) is 0.784. The molecule has 0 heterocycles. The molecule has 28 heavy (non-hydrogen) atoms. The highest BCUT2D eigenvalue weighted by Crippen LogP contribution is 2.60. The van der Waals surface area contributed by atoms with Crippen molar-refractivity contribution in [2.45, 2.75) is 51.5 Å². The van der Waals surface area contributed by atoms with Gasteiger partial charge in [-0.1, -0.05) is 12.1 Å². The molecule has 0 aromatic heterocycles. The molecule has 0 radical (unpaired) electrons. The average Bonchev–Trinajstić information content (AvgIpc) is 2.66. The lowest BCUT2D eigenvalue weighted by Crippen LogP contribution is -2.53. The number of nitrogens with zero attached hydrogens (tertiary/aromatic N) is 1. The summed E-state index contributed by atoms with van der Waals surface area (Å²) in [5.41, 5.74) is 0.900. The van der Waals surface area contributed by atoms with Gasteiger partial charge in [0.05, 0.1) is 7.11 Å². The number of carbonyl (C=O) groups is 2. The van der Waals surface area contributed by atoms with E-state index in [4.69, 9.17) is 4.74 Å². The Morgan fingerprint density at radius 2 is 1.79 bits per heavy atom. The molecule has 0 spiro atoms. The summed E-state index contributed by atoms with van der Waals surface area (Å²) in [4.78, 5) is 27.1. The second-order valence-electron chi connectivity index (χ2n) is 9.31. The van der Waals surface area contributed by atoms with E-state index in [9.17, 15) is 9.59 Å². The fraction of sp³-hybridized carbons (Fsp3) is 0.652. The molecule has 4 aliphatic carbocycles. The van der Waals surface area contributed by atoms with Gasteiger partial charge in [0.2, 0.25) is 11.8 Å². The van der Waals surface area contributed by atoms with E-state index in [0.29, 0.717) is 19.5 Å². The summed E-state index contributed by atoms with van der Waals surface area (Å²) >= 11 is 0. The molecule has 4 aliphatic rings. The van der Waals surface area contributed by atoms with Gasteiger partial charge in [-0.15, -0.1) is 0 Å². The van der Waals surface area contributed by atoms with Crippen molar-refractivity contribution in [1.82, 2.24) is 10.2 Å². The monoisotopic (exact) mass is 384 g/mol. The number of methoxy groups -OCH3 is 1. The zero-order valence-electron chi connectivity index (χ0n) is 17.1. The van der Waals surface area contributed by atoms with E-state index in [0.717, 1.165) is 48.3 Å². The Morgan fingerprint density at radius 3 is 2.39 bits per heavy atom. The predicted molar refractivity (Wildman–Crippen MR) is 108 cm³/mol. The van der Waals surface area contributed by atoms with Gasteiger partial charge in [-0.25, -0.2) is 0 Å². The maximum Gasteiger partial charge on any atom is 0.226 e. The fourth-order valence-corrected chi connectivity index (χ4v) is 6.18. The summed E-state index contributed by atoms with van der Waals surface area (Å²) in [6.45, 7) is 0.973. The van der Waals surface area contributed by atoms with Crippen molar-refractivity contribution in [1.29, 1.82) is 0 Å². The van der Waals surface area contributed by atoms with Crippen molar-refractivity contribution in [3.8, 4) is 5.75 Å². The van der Waals surface area contributed by atoms with Crippen LogP contribution in [0.2, 0.25) is 0 Å². The standard InChI is InChI=1S/C23H32N2O3/c1-25(15-16-4-3-5-20(11-16)28-2)21(26)6-7-24-22(27)23-12-17-8-18(13-23)10-19(9-17)14-23/h3-5,11,17-19H,6-10,12-15H2,1-2H3,(H,24,27). The Hall–Kier alpha value is -2.04. The zero-order chi connectivity index (χ0) is 19.7. The molecule has 0 atom stereocenters. The zero-order valence-corrected chi connectivity index (χ0v) is 17.1. The summed E-state index contributed by atoms with van der Waals surface area (Å²) < 4.78 is 5.24. The molecular formula is C23H32N2O3. The second-order valence-corrected chi connectivity index (χ2v) is 9.31. The minimum atomic E-state index is -0.135. The van der Waals surface area contributed by atoms with Crippen LogP contribution in [0.15, 0.2) is 24.3 Å². The van der Waals surface area contributed by atoms with Gasteiger partial charge in [-0.3, -0.25) is 9.59 Å². The molecule has 4 bridgehead atoms. The van der Waals surface area contributed by atoms with Gasteiger partial charge in [0.15, 0.2) is 0 Å². The van der Waals surface area contributed by atoms with E-state index in [1.165, 1.54) is 19.3 Å². The van der Waals surface area contributed by atoms with E-state index in [2.05, 4.69) is 5.32 Å². The maximum atomic E-state index is 13.0. The molecule has 4 fully saturated rings. The van der Waals surface area contributed by atoms with Gasteiger partial charge in [0, 0.05) is 32.0 Å². The van der Waals surface area contributed by atoms with Crippen LogP contribution in [0.3, 0.4) is 0 Å². The number of hydrogen-bond acceptors (Lipinski definition) is 3.